The Balaban J connectivity index is 2.11. The Morgan fingerprint density at radius 3 is 2.68 bits per heavy atom. The van der Waals surface area contributed by atoms with E-state index >= 15 is 0 Å². The predicted octanol–water partition coefficient (Wildman–Crippen LogP) is 3.14. The lowest BCUT2D eigenvalue weighted by atomic mass is 9.94. The molecular formula is C20H28N4O3S. The molecular weight excluding hydrogens is 376 g/mol. The fourth-order valence-corrected chi connectivity index (χ4v) is 3.69. The molecule has 2 aromatic rings. The van der Waals surface area contributed by atoms with Crippen LogP contribution in [-0.2, 0) is 9.53 Å². The molecule has 0 spiro atoms. The molecule has 2 rings (SSSR count). The summed E-state index contributed by atoms with van der Waals surface area (Å²) in [7, 11) is 1.60. The molecule has 152 valence electrons. The number of nitrogens with two attached hydrogens (primary N) is 1. The number of esters is 1. The van der Waals surface area contributed by atoms with Crippen molar-refractivity contribution in [3.05, 3.63) is 29.3 Å². The maximum absolute atomic E-state index is 13.1. The van der Waals surface area contributed by atoms with Gasteiger partial charge in [0.1, 0.15) is 5.60 Å². The minimum atomic E-state index is -0.589. The van der Waals surface area contributed by atoms with Crippen LogP contribution in [0.25, 0.3) is 10.2 Å². The van der Waals surface area contributed by atoms with Crippen LogP contribution in [0.5, 0.6) is 0 Å². The molecule has 28 heavy (non-hydrogen) atoms. The molecule has 0 aliphatic carbocycles. The van der Waals surface area contributed by atoms with Crippen LogP contribution in [0.3, 0.4) is 0 Å². The smallest absolute Gasteiger partial charge is 0.307 e. The summed E-state index contributed by atoms with van der Waals surface area (Å²) in [4.78, 5) is 33.7. The zero-order valence-electron chi connectivity index (χ0n) is 16.8. The number of nitrogens with zero attached hydrogens (tertiary/aromatic N) is 2. The van der Waals surface area contributed by atoms with Gasteiger partial charge in [-0.15, -0.1) is 11.3 Å². The summed E-state index contributed by atoms with van der Waals surface area (Å²) in [5.74, 6) is -0.642. The van der Waals surface area contributed by atoms with Crippen molar-refractivity contribution >= 4 is 39.3 Å². The van der Waals surface area contributed by atoms with Crippen molar-refractivity contribution in [3.8, 4) is 0 Å². The molecule has 0 bridgehead atoms. The van der Waals surface area contributed by atoms with E-state index in [9.17, 15) is 9.59 Å². The number of Topliss-reactive ketones (excluding diaryl/α,β-unsaturated/α-hetero) is 1. The van der Waals surface area contributed by atoms with Crippen molar-refractivity contribution in [1.29, 1.82) is 0 Å². The van der Waals surface area contributed by atoms with Crippen LogP contribution in [0.2, 0.25) is 0 Å². The third-order valence-electron chi connectivity index (χ3n) is 3.98. The Hall–Kier alpha value is -2.48. The molecule has 0 unspecified atom stereocenters. The standard InChI is InChI=1S/C20H28N4O3S/c1-20(2,3)27-16(25)12-13(8-7-11-23-19(21)22-4)17(26)18-24-14-9-5-6-10-15(14)28-18/h5-6,9-10,13H,7-8,11-12H2,1-4H3,(H3,21,22,23)/t13-/m1/s1. The van der Waals surface area contributed by atoms with Gasteiger partial charge in [-0.25, -0.2) is 4.98 Å². The number of hydrogen-bond acceptors (Lipinski definition) is 6. The first-order valence-electron chi connectivity index (χ1n) is 9.27. The van der Waals surface area contributed by atoms with Crippen LogP contribution < -0.4 is 11.1 Å². The number of aromatic nitrogens is 1. The maximum atomic E-state index is 13.1. The highest BCUT2D eigenvalue weighted by Crippen LogP contribution is 2.27. The van der Waals surface area contributed by atoms with Gasteiger partial charge in [-0.2, -0.15) is 0 Å². The van der Waals surface area contributed by atoms with Crippen molar-refractivity contribution in [2.24, 2.45) is 16.6 Å². The number of rotatable bonds is 8. The fourth-order valence-electron chi connectivity index (χ4n) is 2.71. The fraction of sp³-hybridized carbons (Fsp3) is 0.500. The second kappa shape index (κ2) is 9.64. The summed E-state index contributed by atoms with van der Waals surface area (Å²) in [6.45, 7) is 6.01. The van der Waals surface area contributed by atoms with E-state index in [0.29, 0.717) is 30.4 Å². The summed E-state index contributed by atoms with van der Waals surface area (Å²) in [6.07, 6.45) is 1.22. The SMILES string of the molecule is CN=C(N)NCCC[C@H](CC(=O)OC(C)(C)C)C(=O)c1nc2ccccc2s1. The monoisotopic (exact) mass is 404 g/mol. The number of carbonyl (C=O) groups is 2. The highest BCUT2D eigenvalue weighted by atomic mass is 32.1. The summed E-state index contributed by atoms with van der Waals surface area (Å²) in [5, 5.41) is 3.39. The van der Waals surface area contributed by atoms with E-state index in [1.165, 1.54) is 11.3 Å². The van der Waals surface area contributed by atoms with Crippen LogP contribution in [-0.4, -0.2) is 41.9 Å². The van der Waals surface area contributed by atoms with Gasteiger partial charge in [0.2, 0.25) is 0 Å². The Labute approximate surface area is 169 Å². The second-order valence-corrected chi connectivity index (χ2v) is 8.55. The van der Waals surface area contributed by atoms with E-state index in [0.717, 1.165) is 10.2 Å². The van der Waals surface area contributed by atoms with Crippen molar-refractivity contribution in [2.75, 3.05) is 13.6 Å². The van der Waals surface area contributed by atoms with Crippen LogP contribution in [0.4, 0.5) is 0 Å². The Bertz CT molecular complexity index is 821. The minimum absolute atomic E-state index is 0.0311. The molecule has 8 heteroatoms. The van der Waals surface area contributed by atoms with Gasteiger partial charge >= 0.3 is 5.97 Å². The van der Waals surface area contributed by atoms with E-state index in [1.54, 1.807) is 7.05 Å². The molecule has 1 aromatic heterocycles. The van der Waals surface area contributed by atoms with Crippen molar-refractivity contribution in [2.45, 2.75) is 45.6 Å². The predicted molar refractivity (Wildman–Crippen MR) is 113 cm³/mol. The normalized spacial score (nSPS) is 13.4. The van der Waals surface area contributed by atoms with Crippen LogP contribution >= 0.6 is 11.3 Å². The average Bonchev–Trinajstić information content (AvgIpc) is 3.06. The summed E-state index contributed by atoms with van der Waals surface area (Å²) < 4.78 is 6.37. The second-order valence-electron chi connectivity index (χ2n) is 7.52. The molecule has 1 aromatic carbocycles. The number of para-hydroxylation sites is 1. The van der Waals surface area contributed by atoms with Crippen molar-refractivity contribution < 1.29 is 14.3 Å². The highest BCUT2D eigenvalue weighted by molar-refractivity contribution is 7.20. The summed E-state index contributed by atoms with van der Waals surface area (Å²) >= 11 is 1.35. The molecule has 1 heterocycles. The molecule has 0 aliphatic heterocycles. The number of aliphatic imine (C=N–C) groups is 1. The van der Waals surface area contributed by atoms with E-state index in [-0.39, 0.29) is 18.2 Å². The molecule has 0 amide bonds. The first-order chi connectivity index (χ1) is 13.2. The number of thiazole rings is 1. The van der Waals surface area contributed by atoms with Gasteiger partial charge in [0.05, 0.1) is 16.6 Å². The van der Waals surface area contributed by atoms with E-state index < -0.39 is 11.5 Å². The number of guanidine groups is 1. The first-order valence-corrected chi connectivity index (χ1v) is 10.1. The first kappa shape index (κ1) is 21.8. The van der Waals surface area contributed by atoms with Crippen LogP contribution in [0.1, 0.15) is 49.8 Å². The number of nitrogens with one attached hydrogen (secondary N) is 1. The Morgan fingerprint density at radius 2 is 2.04 bits per heavy atom. The molecule has 0 radical (unpaired) electrons. The number of hydrogen-bond donors (Lipinski definition) is 2. The number of ketones is 1. The van der Waals surface area contributed by atoms with Gasteiger partial charge in [-0.05, 0) is 45.7 Å². The number of fused-ring (bicyclic) bond motifs is 1. The Morgan fingerprint density at radius 1 is 1.32 bits per heavy atom. The molecule has 0 saturated carbocycles. The van der Waals surface area contributed by atoms with E-state index in [4.69, 9.17) is 10.5 Å². The van der Waals surface area contributed by atoms with Gasteiger partial charge in [0, 0.05) is 19.5 Å². The molecule has 1 atom stereocenters. The molecule has 0 fully saturated rings. The third kappa shape index (κ3) is 6.60. The summed E-state index contributed by atoms with van der Waals surface area (Å²) in [6, 6.07) is 7.61. The van der Waals surface area contributed by atoms with Gasteiger partial charge in [-0.3, -0.25) is 14.6 Å². The molecule has 3 N–H and O–H groups in total. The summed E-state index contributed by atoms with van der Waals surface area (Å²) in [5.41, 5.74) is 5.83. The van der Waals surface area contributed by atoms with Gasteiger partial charge in [0.25, 0.3) is 0 Å². The van der Waals surface area contributed by atoms with Gasteiger partial charge in [-0.1, -0.05) is 12.1 Å². The van der Waals surface area contributed by atoms with E-state index in [2.05, 4.69) is 15.3 Å². The third-order valence-corrected chi connectivity index (χ3v) is 5.04. The zero-order valence-corrected chi connectivity index (χ0v) is 17.6. The van der Waals surface area contributed by atoms with Gasteiger partial charge < -0.3 is 15.8 Å². The number of benzene rings is 1. The number of carbonyl (C=O) groups excluding carboxylic acids is 2. The van der Waals surface area contributed by atoms with Crippen molar-refractivity contribution in [1.82, 2.24) is 10.3 Å². The van der Waals surface area contributed by atoms with Gasteiger partial charge in [0.15, 0.2) is 16.8 Å². The molecule has 0 aliphatic rings. The van der Waals surface area contributed by atoms with E-state index in [1.807, 2.05) is 45.0 Å². The largest absolute Gasteiger partial charge is 0.460 e. The lowest BCUT2D eigenvalue weighted by Crippen LogP contribution is -2.32. The minimum Gasteiger partial charge on any atom is -0.460 e. The van der Waals surface area contributed by atoms with Crippen LogP contribution in [0.15, 0.2) is 29.3 Å². The quantitative estimate of drug-likeness (QED) is 0.230. The lowest BCUT2D eigenvalue weighted by molar-refractivity contribution is -0.155. The number of ether oxygens (including phenoxy) is 1. The zero-order chi connectivity index (χ0) is 20.7. The highest BCUT2D eigenvalue weighted by Gasteiger charge is 2.28. The maximum Gasteiger partial charge on any atom is 0.307 e. The van der Waals surface area contributed by atoms with Crippen LogP contribution in [0, 0.1) is 5.92 Å². The Kier molecular flexibility index (Phi) is 7.51. The van der Waals surface area contributed by atoms with Crippen molar-refractivity contribution in [3.63, 3.8) is 0 Å². The molecule has 7 nitrogen and oxygen atoms in total. The topological polar surface area (TPSA) is 107 Å². The average molecular weight is 405 g/mol. The molecule has 0 saturated heterocycles. The lowest BCUT2D eigenvalue weighted by Gasteiger charge is -2.21.